The molecule has 1 nitrogen and oxygen atoms in total. The molecule has 0 radical (unpaired) electrons. The van der Waals surface area contributed by atoms with E-state index >= 15 is 0 Å². The molecule has 0 aliphatic carbocycles. The summed E-state index contributed by atoms with van der Waals surface area (Å²) in [5.41, 5.74) is -0.179. The first-order valence-corrected chi connectivity index (χ1v) is 8.30. The fraction of sp³-hybridized carbons (Fsp3) is 0.533. The smallest absolute Gasteiger partial charge is 0.130 e. The largest absolute Gasteiger partial charge is 0.259 e. The van der Waals surface area contributed by atoms with E-state index in [2.05, 4.69) is 26.7 Å². The van der Waals surface area contributed by atoms with Gasteiger partial charge in [0.1, 0.15) is 9.91 Å². The van der Waals surface area contributed by atoms with Crippen molar-refractivity contribution in [3.8, 4) is 0 Å². The first kappa shape index (κ1) is 15.6. The highest BCUT2D eigenvalue weighted by Crippen LogP contribution is 2.46. The lowest BCUT2D eigenvalue weighted by atomic mass is 9.92. The molecule has 1 aliphatic rings. The number of aliphatic imine (C=N–C) groups is 1. The van der Waals surface area contributed by atoms with Crippen LogP contribution in [-0.2, 0) is 0 Å². The summed E-state index contributed by atoms with van der Waals surface area (Å²) in [4.78, 5) is 6.02. The molecule has 0 atom stereocenters. The molecule has 1 rings (SSSR count). The van der Waals surface area contributed by atoms with Gasteiger partial charge in [-0.1, -0.05) is 62.0 Å². The molecule has 0 saturated carbocycles. The predicted molar refractivity (Wildman–Crippen MR) is 88.5 cm³/mol. The predicted octanol–water partition coefficient (Wildman–Crippen LogP) is 5.42. The normalized spacial score (nSPS) is 17.6. The lowest BCUT2D eigenvalue weighted by Gasteiger charge is -2.23. The van der Waals surface area contributed by atoms with E-state index in [1.165, 1.54) is 23.6 Å². The fourth-order valence-corrected chi connectivity index (χ4v) is 4.30. The molecule has 0 aromatic rings. The van der Waals surface area contributed by atoms with Gasteiger partial charge in [0.15, 0.2) is 0 Å². The quantitative estimate of drug-likeness (QED) is 0.435. The zero-order chi connectivity index (χ0) is 13.4. The van der Waals surface area contributed by atoms with E-state index in [0.29, 0.717) is 0 Å². The van der Waals surface area contributed by atoms with Crippen LogP contribution < -0.4 is 0 Å². The number of hydrogen-bond acceptors (Lipinski definition) is 3. The third-order valence-corrected chi connectivity index (χ3v) is 5.30. The Morgan fingerprint density at radius 3 is 2.50 bits per heavy atom. The topological polar surface area (TPSA) is 12.4 Å². The lowest BCUT2D eigenvalue weighted by Crippen LogP contribution is -2.23. The van der Waals surface area contributed by atoms with Crippen LogP contribution >= 0.6 is 23.5 Å². The molecule has 3 heteroatoms. The molecule has 0 N–H and O–H groups in total. The van der Waals surface area contributed by atoms with Crippen LogP contribution in [0.2, 0.25) is 0 Å². The Morgan fingerprint density at radius 1 is 1.28 bits per heavy atom. The van der Waals surface area contributed by atoms with Crippen LogP contribution in [0.15, 0.2) is 41.8 Å². The van der Waals surface area contributed by atoms with Crippen LogP contribution in [0, 0.1) is 0 Å². The molecule has 0 amide bonds. The zero-order valence-corrected chi connectivity index (χ0v) is 12.9. The molecule has 1 heterocycles. The van der Waals surface area contributed by atoms with Gasteiger partial charge >= 0.3 is 0 Å². The van der Waals surface area contributed by atoms with Crippen LogP contribution in [0.3, 0.4) is 0 Å². The van der Waals surface area contributed by atoms with Crippen molar-refractivity contribution in [3.63, 3.8) is 0 Å². The van der Waals surface area contributed by atoms with E-state index in [1.807, 2.05) is 23.9 Å². The van der Waals surface area contributed by atoms with Crippen molar-refractivity contribution in [1.29, 1.82) is 0 Å². The summed E-state index contributed by atoms with van der Waals surface area (Å²) >= 11 is 3.60. The van der Waals surface area contributed by atoms with Crippen molar-refractivity contribution in [1.82, 2.24) is 0 Å². The van der Waals surface area contributed by atoms with Gasteiger partial charge in [0.2, 0.25) is 0 Å². The third kappa shape index (κ3) is 4.06. The molecule has 0 unspecified atom stereocenters. The Hall–Kier alpha value is -0.410. The minimum atomic E-state index is -0.179. The SMILES string of the molecule is C=CCC1(CC=C)N=C(SCCCCC)SC1=C. The number of thioether (sulfide) groups is 2. The summed E-state index contributed by atoms with van der Waals surface area (Å²) in [6, 6.07) is 0. The lowest BCUT2D eigenvalue weighted by molar-refractivity contribution is 0.547. The van der Waals surface area contributed by atoms with Gasteiger partial charge in [-0.15, -0.1) is 13.2 Å². The van der Waals surface area contributed by atoms with E-state index in [0.717, 1.165) is 23.5 Å². The monoisotopic (exact) mass is 281 g/mol. The maximum Gasteiger partial charge on any atom is 0.130 e. The van der Waals surface area contributed by atoms with Crippen molar-refractivity contribution in [3.05, 3.63) is 36.8 Å². The van der Waals surface area contributed by atoms with E-state index < -0.39 is 0 Å². The Morgan fingerprint density at radius 2 is 1.94 bits per heavy atom. The molecule has 18 heavy (non-hydrogen) atoms. The van der Waals surface area contributed by atoms with Crippen LogP contribution in [0.4, 0.5) is 0 Å². The summed E-state index contributed by atoms with van der Waals surface area (Å²) in [6.07, 6.45) is 9.41. The molecule has 0 spiro atoms. The molecular formula is C15H23NS2. The van der Waals surface area contributed by atoms with Crippen LogP contribution in [-0.4, -0.2) is 15.7 Å². The highest BCUT2D eigenvalue weighted by Gasteiger charge is 2.37. The van der Waals surface area contributed by atoms with E-state index in [4.69, 9.17) is 4.99 Å². The third-order valence-electron chi connectivity index (χ3n) is 2.97. The van der Waals surface area contributed by atoms with E-state index in [-0.39, 0.29) is 5.54 Å². The Kier molecular flexibility index (Phi) is 6.87. The molecule has 100 valence electrons. The summed E-state index contributed by atoms with van der Waals surface area (Å²) in [6.45, 7) is 14.1. The number of nitrogens with zero attached hydrogens (tertiary/aromatic N) is 1. The van der Waals surface area contributed by atoms with Gasteiger partial charge in [0, 0.05) is 10.7 Å². The van der Waals surface area contributed by atoms with Gasteiger partial charge in [0.25, 0.3) is 0 Å². The zero-order valence-electron chi connectivity index (χ0n) is 11.3. The maximum atomic E-state index is 4.88. The van der Waals surface area contributed by atoms with E-state index in [9.17, 15) is 0 Å². The first-order chi connectivity index (χ1) is 8.68. The van der Waals surface area contributed by atoms with Crippen LogP contribution in [0.25, 0.3) is 0 Å². The van der Waals surface area contributed by atoms with Crippen LogP contribution in [0.1, 0.15) is 39.0 Å². The molecule has 0 saturated heterocycles. The number of hydrogen-bond donors (Lipinski definition) is 0. The fourth-order valence-electron chi connectivity index (χ4n) is 1.91. The summed E-state index contributed by atoms with van der Waals surface area (Å²) in [5.74, 6) is 1.16. The first-order valence-electron chi connectivity index (χ1n) is 6.50. The molecule has 0 fully saturated rings. The minimum absolute atomic E-state index is 0.179. The number of unbranched alkanes of at least 4 members (excludes halogenated alkanes) is 2. The molecule has 0 aromatic carbocycles. The van der Waals surface area contributed by atoms with Gasteiger partial charge in [-0.25, -0.2) is 0 Å². The van der Waals surface area contributed by atoms with Gasteiger partial charge in [-0.2, -0.15) is 0 Å². The van der Waals surface area contributed by atoms with Gasteiger partial charge in [-0.05, 0) is 19.3 Å². The van der Waals surface area contributed by atoms with Crippen molar-refractivity contribution in [2.45, 2.75) is 44.6 Å². The molecule has 1 aliphatic heterocycles. The number of rotatable bonds is 8. The second kappa shape index (κ2) is 7.90. The van der Waals surface area contributed by atoms with Crippen molar-refractivity contribution >= 4 is 27.9 Å². The Labute approximate surface area is 120 Å². The highest BCUT2D eigenvalue weighted by atomic mass is 32.2. The Bertz CT molecular complexity index is 334. The molecular weight excluding hydrogens is 258 g/mol. The van der Waals surface area contributed by atoms with Crippen LogP contribution in [0.5, 0.6) is 0 Å². The standard InChI is InChI=1S/C15H23NS2/c1-5-8-9-12-17-14-16-15(10-6-2,11-7-3)13(4)18-14/h6-7H,2-5,8-12H2,1H3. The van der Waals surface area contributed by atoms with Crippen molar-refractivity contribution in [2.24, 2.45) is 4.99 Å². The maximum absolute atomic E-state index is 4.88. The average Bonchev–Trinajstić information content (AvgIpc) is 2.63. The summed E-state index contributed by atoms with van der Waals surface area (Å²) in [5, 5.41) is 0. The molecule has 0 bridgehead atoms. The summed E-state index contributed by atoms with van der Waals surface area (Å²) in [7, 11) is 0. The van der Waals surface area contributed by atoms with Crippen molar-refractivity contribution in [2.75, 3.05) is 5.75 Å². The van der Waals surface area contributed by atoms with Gasteiger partial charge in [-0.3, -0.25) is 4.99 Å². The van der Waals surface area contributed by atoms with Gasteiger partial charge in [0.05, 0.1) is 0 Å². The van der Waals surface area contributed by atoms with Crippen molar-refractivity contribution < 1.29 is 0 Å². The van der Waals surface area contributed by atoms with E-state index in [1.54, 1.807) is 11.8 Å². The second-order valence-corrected chi connectivity index (χ2v) is 6.90. The minimum Gasteiger partial charge on any atom is -0.259 e. The second-order valence-electron chi connectivity index (χ2n) is 4.48. The summed E-state index contributed by atoms with van der Waals surface area (Å²) < 4.78 is 1.17. The average molecular weight is 281 g/mol. The Balaban J connectivity index is 2.62. The highest BCUT2D eigenvalue weighted by molar-refractivity contribution is 8.40. The molecule has 0 aromatic heterocycles. The van der Waals surface area contributed by atoms with Gasteiger partial charge < -0.3 is 0 Å².